The van der Waals surface area contributed by atoms with Crippen molar-refractivity contribution in [2.45, 2.75) is 13.0 Å². The zero-order valence-corrected chi connectivity index (χ0v) is 10.9. The third kappa shape index (κ3) is 4.35. The zero-order chi connectivity index (χ0) is 12.9. The first-order valence-electron chi connectivity index (χ1n) is 5.04. The number of rotatable bonds is 5. The standard InChI is InChI=1S/C11H13ClN2O2S/c1-9(14-17(15,16)7-6-12)11-4-2-10(8-13)3-5-11/h2-5,9,14H,6-7H2,1H3. The van der Waals surface area contributed by atoms with Crippen LogP contribution in [-0.2, 0) is 10.0 Å². The van der Waals surface area contributed by atoms with E-state index in [2.05, 4.69) is 4.72 Å². The predicted molar refractivity (Wildman–Crippen MR) is 67.2 cm³/mol. The van der Waals surface area contributed by atoms with Crippen LogP contribution in [0.1, 0.15) is 24.1 Å². The number of hydrogen-bond acceptors (Lipinski definition) is 3. The lowest BCUT2D eigenvalue weighted by Gasteiger charge is -2.13. The number of benzene rings is 1. The van der Waals surface area contributed by atoms with Crippen molar-refractivity contribution in [3.05, 3.63) is 35.4 Å². The molecule has 1 aromatic rings. The van der Waals surface area contributed by atoms with Gasteiger partial charge in [0.25, 0.3) is 0 Å². The molecule has 0 aliphatic carbocycles. The van der Waals surface area contributed by atoms with Gasteiger partial charge in [0.15, 0.2) is 0 Å². The SMILES string of the molecule is CC(NS(=O)(=O)CCCl)c1ccc(C#N)cc1. The second-order valence-electron chi connectivity index (χ2n) is 3.58. The first-order chi connectivity index (χ1) is 7.98. The fourth-order valence-corrected chi connectivity index (χ4v) is 2.95. The van der Waals surface area contributed by atoms with Crippen molar-refractivity contribution in [3.8, 4) is 6.07 Å². The summed E-state index contributed by atoms with van der Waals surface area (Å²) < 4.78 is 25.5. The van der Waals surface area contributed by atoms with E-state index in [0.29, 0.717) is 5.56 Å². The minimum atomic E-state index is -3.34. The molecule has 0 saturated carbocycles. The number of halogens is 1. The van der Waals surface area contributed by atoms with Crippen LogP contribution in [0.25, 0.3) is 0 Å². The van der Waals surface area contributed by atoms with E-state index in [0.717, 1.165) is 5.56 Å². The third-order valence-corrected chi connectivity index (χ3v) is 4.11. The van der Waals surface area contributed by atoms with Crippen molar-refractivity contribution >= 4 is 21.6 Å². The molecule has 0 aromatic heterocycles. The lowest BCUT2D eigenvalue weighted by atomic mass is 10.1. The largest absolute Gasteiger partial charge is 0.213 e. The summed E-state index contributed by atoms with van der Waals surface area (Å²) in [5, 5.41) is 8.65. The molecule has 0 amide bonds. The molecule has 17 heavy (non-hydrogen) atoms. The molecule has 0 bridgehead atoms. The average molecular weight is 273 g/mol. The second kappa shape index (κ2) is 6.01. The van der Waals surface area contributed by atoms with Crippen LogP contribution in [0.2, 0.25) is 0 Å². The van der Waals surface area contributed by atoms with Crippen LogP contribution in [0.4, 0.5) is 0 Å². The minimum absolute atomic E-state index is 0.0649. The van der Waals surface area contributed by atoms with Gasteiger partial charge < -0.3 is 0 Å². The highest BCUT2D eigenvalue weighted by atomic mass is 35.5. The Morgan fingerprint density at radius 3 is 2.47 bits per heavy atom. The number of hydrogen-bond donors (Lipinski definition) is 1. The zero-order valence-electron chi connectivity index (χ0n) is 9.35. The molecule has 4 nitrogen and oxygen atoms in total. The molecule has 0 aliphatic rings. The highest BCUT2D eigenvalue weighted by molar-refractivity contribution is 7.89. The molecule has 0 saturated heterocycles. The van der Waals surface area contributed by atoms with Crippen LogP contribution in [-0.4, -0.2) is 20.1 Å². The molecule has 1 N–H and O–H groups in total. The lowest BCUT2D eigenvalue weighted by molar-refractivity contribution is 0.568. The molecule has 0 spiro atoms. The molecule has 0 heterocycles. The summed E-state index contributed by atoms with van der Waals surface area (Å²) >= 11 is 5.40. The van der Waals surface area contributed by atoms with Crippen molar-refractivity contribution in [2.75, 3.05) is 11.6 Å². The number of nitrogens with zero attached hydrogens (tertiary/aromatic N) is 1. The van der Waals surface area contributed by atoms with Crippen LogP contribution < -0.4 is 4.72 Å². The van der Waals surface area contributed by atoms with Gasteiger partial charge in [-0.3, -0.25) is 0 Å². The number of nitriles is 1. The summed E-state index contributed by atoms with van der Waals surface area (Å²) in [5.41, 5.74) is 1.35. The van der Waals surface area contributed by atoms with Gasteiger partial charge in [0.05, 0.1) is 17.4 Å². The Labute approximate surface area is 106 Å². The molecule has 0 fully saturated rings. The fraction of sp³-hybridized carbons (Fsp3) is 0.364. The van der Waals surface area contributed by atoms with Crippen LogP contribution in [0.15, 0.2) is 24.3 Å². The van der Waals surface area contributed by atoms with Crippen LogP contribution in [0, 0.1) is 11.3 Å². The van der Waals surface area contributed by atoms with E-state index in [1.54, 1.807) is 31.2 Å². The molecule has 6 heteroatoms. The topological polar surface area (TPSA) is 70.0 Å². The molecule has 1 aromatic carbocycles. The summed E-state index contributed by atoms with van der Waals surface area (Å²) in [5.74, 6) is -0.0371. The summed E-state index contributed by atoms with van der Waals surface area (Å²) in [6, 6.07) is 8.43. The van der Waals surface area contributed by atoms with Gasteiger partial charge in [0.1, 0.15) is 0 Å². The van der Waals surface area contributed by atoms with E-state index in [1.807, 2.05) is 6.07 Å². The normalized spacial score (nSPS) is 13.0. The maximum Gasteiger partial charge on any atom is 0.213 e. The lowest BCUT2D eigenvalue weighted by Crippen LogP contribution is -2.29. The minimum Gasteiger partial charge on any atom is -0.212 e. The first-order valence-corrected chi connectivity index (χ1v) is 7.23. The Hall–Kier alpha value is -1.09. The summed E-state index contributed by atoms with van der Waals surface area (Å²) in [6.07, 6.45) is 0. The Balaban J connectivity index is 2.77. The van der Waals surface area contributed by atoms with E-state index in [4.69, 9.17) is 16.9 Å². The summed E-state index contributed by atoms with van der Waals surface area (Å²) in [4.78, 5) is 0. The maximum atomic E-state index is 11.5. The predicted octanol–water partition coefficient (Wildman–Crippen LogP) is 1.78. The number of sulfonamides is 1. The monoisotopic (exact) mass is 272 g/mol. The molecular formula is C11H13ClN2O2S. The number of nitrogens with one attached hydrogen (secondary N) is 1. The van der Waals surface area contributed by atoms with Gasteiger partial charge in [-0.25, -0.2) is 13.1 Å². The van der Waals surface area contributed by atoms with Gasteiger partial charge in [-0.05, 0) is 24.6 Å². The molecular weight excluding hydrogens is 260 g/mol. The molecule has 1 unspecified atom stereocenters. The second-order valence-corrected chi connectivity index (χ2v) is 5.83. The molecule has 92 valence electrons. The molecule has 1 rings (SSSR count). The van der Waals surface area contributed by atoms with Gasteiger partial charge in [-0.1, -0.05) is 12.1 Å². The highest BCUT2D eigenvalue weighted by Gasteiger charge is 2.14. The van der Waals surface area contributed by atoms with E-state index in [1.165, 1.54) is 0 Å². The molecule has 0 aliphatic heterocycles. The van der Waals surface area contributed by atoms with Crippen molar-refractivity contribution < 1.29 is 8.42 Å². The van der Waals surface area contributed by atoms with Gasteiger partial charge in [0.2, 0.25) is 10.0 Å². The van der Waals surface area contributed by atoms with Gasteiger partial charge in [0, 0.05) is 11.9 Å². The fourth-order valence-electron chi connectivity index (χ4n) is 1.34. The van der Waals surface area contributed by atoms with Crippen molar-refractivity contribution in [3.63, 3.8) is 0 Å². The Bertz CT molecular complexity index is 505. The van der Waals surface area contributed by atoms with Crippen LogP contribution in [0.5, 0.6) is 0 Å². The van der Waals surface area contributed by atoms with E-state index >= 15 is 0 Å². The summed E-state index contributed by atoms with van der Waals surface area (Å²) in [6.45, 7) is 1.74. The quantitative estimate of drug-likeness (QED) is 0.831. The summed E-state index contributed by atoms with van der Waals surface area (Å²) in [7, 11) is -3.34. The Kier molecular flexibility index (Phi) is 4.94. The van der Waals surface area contributed by atoms with Crippen molar-refractivity contribution in [1.82, 2.24) is 4.72 Å². The van der Waals surface area contributed by atoms with Gasteiger partial charge in [-0.15, -0.1) is 11.6 Å². The Morgan fingerprint density at radius 2 is 2.00 bits per heavy atom. The van der Waals surface area contributed by atoms with Gasteiger partial charge >= 0.3 is 0 Å². The third-order valence-electron chi connectivity index (χ3n) is 2.24. The maximum absolute atomic E-state index is 11.5. The van der Waals surface area contributed by atoms with Crippen molar-refractivity contribution in [1.29, 1.82) is 5.26 Å². The van der Waals surface area contributed by atoms with E-state index in [9.17, 15) is 8.42 Å². The smallest absolute Gasteiger partial charge is 0.212 e. The number of alkyl halides is 1. The first kappa shape index (κ1) is 14.0. The van der Waals surface area contributed by atoms with E-state index in [-0.39, 0.29) is 17.7 Å². The van der Waals surface area contributed by atoms with Crippen LogP contribution >= 0.6 is 11.6 Å². The van der Waals surface area contributed by atoms with Crippen LogP contribution in [0.3, 0.4) is 0 Å². The van der Waals surface area contributed by atoms with Crippen molar-refractivity contribution in [2.24, 2.45) is 0 Å². The Morgan fingerprint density at radius 1 is 1.41 bits per heavy atom. The molecule has 0 radical (unpaired) electrons. The highest BCUT2D eigenvalue weighted by Crippen LogP contribution is 2.14. The average Bonchev–Trinajstić information content (AvgIpc) is 2.28. The molecule has 1 atom stereocenters. The van der Waals surface area contributed by atoms with E-state index < -0.39 is 10.0 Å². The van der Waals surface area contributed by atoms with Gasteiger partial charge in [-0.2, -0.15) is 5.26 Å².